The average molecular weight is 182 g/mol. The zero-order valence-corrected chi connectivity index (χ0v) is 9.58. The molecule has 1 rings (SSSR count). The maximum atomic E-state index is 9.98. The smallest absolute Gasteiger partial charge is 0.550 e. The largest absolute Gasteiger partial charge is 1.00 e. The van der Waals surface area contributed by atoms with Crippen LogP contribution in [-0.2, 0) is 9.53 Å². The number of nitrogens with zero attached hydrogens (tertiary/aromatic N) is 1. The summed E-state index contributed by atoms with van der Waals surface area (Å²) in [5.74, 6) is -0.700. The van der Waals surface area contributed by atoms with Crippen molar-refractivity contribution >= 4 is 11.9 Å². The Morgan fingerprint density at radius 2 is 2.55 bits per heavy atom. The third kappa shape index (κ3) is 4.07. The third-order valence-electron chi connectivity index (χ3n) is 1.03. The van der Waals surface area contributed by atoms with Gasteiger partial charge in [-0.1, -0.05) is 0 Å². The second kappa shape index (κ2) is 5.10. The third-order valence-corrected chi connectivity index (χ3v) is 1.03. The number of carboxylic acid groups (broad SMARTS) is 1. The molecule has 0 aromatic heterocycles. The van der Waals surface area contributed by atoms with Gasteiger partial charge in [0.15, 0.2) is 6.23 Å². The average Bonchev–Trinajstić information content (AvgIpc) is 2.13. The van der Waals surface area contributed by atoms with E-state index in [9.17, 15) is 9.90 Å². The van der Waals surface area contributed by atoms with Crippen molar-refractivity contribution in [3.05, 3.63) is 0 Å². The van der Waals surface area contributed by atoms with Crippen LogP contribution in [0, 0.1) is 0 Å². The first kappa shape index (κ1) is 11.4. The van der Waals surface area contributed by atoms with Gasteiger partial charge >= 0.3 is 51.4 Å². The van der Waals surface area contributed by atoms with E-state index in [1.54, 1.807) is 6.92 Å². The van der Waals surface area contributed by atoms with E-state index in [4.69, 9.17) is 4.74 Å². The monoisotopic (exact) mass is 182 g/mol. The molecule has 6 heteroatoms. The molecule has 1 unspecified atom stereocenters. The summed E-state index contributed by atoms with van der Waals surface area (Å²) in [7, 11) is 0. The normalized spacial score (nSPS) is 20.8. The molecule has 0 amide bonds. The van der Waals surface area contributed by atoms with Gasteiger partial charge in [0.1, 0.15) is 0 Å². The van der Waals surface area contributed by atoms with Crippen LogP contribution in [0.3, 0.4) is 0 Å². The molecule has 0 aromatic carbocycles. The van der Waals surface area contributed by atoms with Crippen molar-refractivity contribution in [1.82, 2.24) is 5.43 Å². The van der Waals surface area contributed by atoms with Crippen molar-refractivity contribution in [3.8, 4) is 0 Å². The molecule has 0 bridgehead atoms. The molecule has 0 fully saturated rings. The molecule has 56 valence electrons. The Balaban J connectivity index is 0.000001000. The van der Waals surface area contributed by atoms with Gasteiger partial charge < -0.3 is 14.6 Å². The fourth-order valence-corrected chi connectivity index (χ4v) is 0.660. The molecule has 0 radical (unpaired) electrons. The van der Waals surface area contributed by atoms with Crippen LogP contribution in [0.1, 0.15) is 13.3 Å². The predicted molar refractivity (Wildman–Crippen MR) is 30.7 cm³/mol. The van der Waals surface area contributed by atoms with Crippen molar-refractivity contribution < 1.29 is 66.0 Å². The van der Waals surface area contributed by atoms with E-state index in [-0.39, 0.29) is 57.8 Å². The van der Waals surface area contributed by atoms with Gasteiger partial charge in [0.05, 0.1) is 0 Å². The first-order valence-electron chi connectivity index (χ1n) is 2.85. The Kier molecular flexibility index (Phi) is 5.27. The van der Waals surface area contributed by atoms with Crippen molar-refractivity contribution in [2.75, 3.05) is 0 Å². The van der Waals surface area contributed by atoms with Gasteiger partial charge in [-0.3, -0.25) is 5.43 Å². The van der Waals surface area contributed by atoms with Crippen LogP contribution in [0.15, 0.2) is 5.10 Å². The number of hydrazone groups is 1. The van der Waals surface area contributed by atoms with Crippen molar-refractivity contribution in [2.45, 2.75) is 19.6 Å². The molecule has 1 aliphatic rings. The second-order valence-corrected chi connectivity index (χ2v) is 1.94. The minimum absolute atomic E-state index is 0. The maximum absolute atomic E-state index is 9.98. The molecular formula is C5H7KN2O3. The van der Waals surface area contributed by atoms with E-state index < -0.39 is 12.2 Å². The first-order valence-corrected chi connectivity index (χ1v) is 2.85. The zero-order chi connectivity index (χ0) is 7.56. The molecule has 5 nitrogen and oxygen atoms in total. The SMILES string of the molecule is CC1=NNC(CC(=O)[O-])O1.[K+]. The summed E-state index contributed by atoms with van der Waals surface area (Å²) < 4.78 is 4.89. The number of hydrogen-bond acceptors (Lipinski definition) is 5. The Morgan fingerprint density at radius 1 is 1.91 bits per heavy atom. The molecule has 1 aliphatic heterocycles. The van der Waals surface area contributed by atoms with Gasteiger partial charge in [0, 0.05) is 19.3 Å². The second-order valence-electron chi connectivity index (χ2n) is 1.94. The van der Waals surface area contributed by atoms with Crippen molar-refractivity contribution in [1.29, 1.82) is 0 Å². The summed E-state index contributed by atoms with van der Waals surface area (Å²) in [5, 5.41) is 13.6. The van der Waals surface area contributed by atoms with Crippen LogP contribution in [0.4, 0.5) is 0 Å². The number of hydrogen-bond donors (Lipinski definition) is 1. The number of carbonyl (C=O) groups is 1. The Bertz CT molecular complexity index is 183. The summed E-state index contributed by atoms with van der Waals surface area (Å²) in [5.41, 5.74) is 2.48. The number of carboxylic acids is 1. The fourth-order valence-electron chi connectivity index (χ4n) is 0.660. The van der Waals surface area contributed by atoms with Crippen molar-refractivity contribution in [2.24, 2.45) is 5.10 Å². The van der Waals surface area contributed by atoms with Crippen LogP contribution < -0.4 is 61.9 Å². The minimum Gasteiger partial charge on any atom is -0.550 e. The van der Waals surface area contributed by atoms with Gasteiger partial charge in [-0.25, -0.2) is 0 Å². The first-order chi connectivity index (χ1) is 4.68. The maximum Gasteiger partial charge on any atom is 1.00 e. The van der Waals surface area contributed by atoms with Gasteiger partial charge in [0.2, 0.25) is 5.90 Å². The van der Waals surface area contributed by atoms with Crippen molar-refractivity contribution in [3.63, 3.8) is 0 Å². The van der Waals surface area contributed by atoms with Gasteiger partial charge in [-0.2, -0.15) is 0 Å². The number of ether oxygens (including phenoxy) is 1. The number of nitrogens with one attached hydrogen (secondary N) is 1. The molecular weight excluding hydrogens is 175 g/mol. The van der Waals surface area contributed by atoms with Gasteiger partial charge in [0.25, 0.3) is 0 Å². The molecule has 0 saturated carbocycles. The van der Waals surface area contributed by atoms with Crippen LogP contribution in [-0.4, -0.2) is 18.1 Å². The number of rotatable bonds is 2. The van der Waals surface area contributed by atoms with Crippen LogP contribution in [0.5, 0.6) is 0 Å². The topological polar surface area (TPSA) is 73.8 Å². The summed E-state index contributed by atoms with van der Waals surface area (Å²) in [4.78, 5) is 9.98. The minimum atomic E-state index is -1.15. The molecule has 0 aromatic rings. The van der Waals surface area contributed by atoms with Gasteiger partial charge in [-0.15, -0.1) is 5.10 Å². The molecule has 1 N–H and O–H groups in total. The molecule has 1 atom stereocenters. The van der Waals surface area contributed by atoms with E-state index >= 15 is 0 Å². The van der Waals surface area contributed by atoms with Gasteiger partial charge in [-0.05, 0) is 0 Å². The Morgan fingerprint density at radius 3 is 2.91 bits per heavy atom. The zero-order valence-electron chi connectivity index (χ0n) is 6.46. The van der Waals surface area contributed by atoms with Crippen LogP contribution >= 0.6 is 0 Å². The molecule has 11 heavy (non-hydrogen) atoms. The molecule has 0 spiro atoms. The standard InChI is InChI=1S/C5H8N2O3.K/c1-3-6-7-4(10-3)2-5(8)9;/h4,7H,2H2,1H3,(H,8,9);/q;+1/p-1. The summed E-state index contributed by atoms with van der Waals surface area (Å²) in [6.45, 7) is 1.64. The predicted octanol–water partition coefficient (Wildman–Crippen LogP) is -4.59. The number of carbonyl (C=O) groups excluding carboxylic acids is 1. The quantitative estimate of drug-likeness (QED) is 0.436. The van der Waals surface area contributed by atoms with E-state index in [1.807, 2.05) is 0 Å². The van der Waals surface area contributed by atoms with E-state index in [1.165, 1.54) is 0 Å². The van der Waals surface area contributed by atoms with E-state index in [2.05, 4.69) is 10.5 Å². The molecule has 0 saturated heterocycles. The fraction of sp³-hybridized carbons (Fsp3) is 0.600. The molecule has 0 aliphatic carbocycles. The van der Waals surface area contributed by atoms with E-state index in [0.29, 0.717) is 5.90 Å². The number of aliphatic carboxylic acids is 1. The Hall–Kier alpha value is 0.376. The summed E-state index contributed by atoms with van der Waals surface area (Å²) in [6, 6.07) is 0. The molecule has 1 heterocycles. The van der Waals surface area contributed by atoms with E-state index in [0.717, 1.165) is 0 Å². The summed E-state index contributed by atoms with van der Waals surface area (Å²) >= 11 is 0. The Labute approximate surface area is 107 Å². The van der Waals surface area contributed by atoms with Crippen LogP contribution in [0.25, 0.3) is 0 Å². The van der Waals surface area contributed by atoms with Crippen LogP contribution in [0.2, 0.25) is 0 Å². The summed E-state index contributed by atoms with van der Waals surface area (Å²) in [6.07, 6.45) is -0.731.